The van der Waals surface area contributed by atoms with Gasteiger partial charge in [-0.05, 0) is 54.5 Å². The summed E-state index contributed by atoms with van der Waals surface area (Å²) in [6.07, 6.45) is 15.5. The van der Waals surface area contributed by atoms with E-state index in [1.54, 1.807) is 0 Å². The van der Waals surface area contributed by atoms with E-state index in [-0.39, 0.29) is 36.4 Å². The SMILES string of the molecule is CCCCCCCCCCCCCC[C@H]1OC(C)(C)O[C@H]1[C@H](CO[C@H]1CC(COCc2ccccc2)C(OCc2ccccc2)[C@@H](OCc2ccccc2)C1OCc1ccccc1)NCc1ccccc1. The van der Waals surface area contributed by atoms with Crippen molar-refractivity contribution in [1.82, 2.24) is 5.32 Å². The molecule has 2 fully saturated rings. The molecule has 5 aromatic rings. The molecule has 2 aliphatic rings. The molecule has 0 bridgehead atoms. The summed E-state index contributed by atoms with van der Waals surface area (Å²) in [5, 5.41) is 3.92. The number of hydrogen-bond acceptors (Lipinski definition) is 8. The monoisotopic (exact) mass is 968 g/mol. The van der Waals surface area contributed by atoms with Crippen LogP contribution in [0.25, 0.3) is 0 Å². The summed E-state index contributed by atoms with van der Waals surface area (Å²) < 4.78 is 48.9. The summed E-state index contributed by atoms with van der Waals surface area (Å²) in [6.45, 7) is 9.66. The highest BCUT2D eigenvalue weighted by molar-refractivity contribution is 5.18. The average molecular weight is 968 g/mol. The van der Waals surface area contributed by atoms with Gasteiger partial charge in [-0.2, -0.15) is 0 Å². The van der Waals surface area contributed by atoms with Gasteiger partial charge >= 0.3 is 0 Å². The molecule has 0 spiro atoms. The normalized spacial score (nSPS) is 22.4. The van der Waals surface area contributed by atoms with Crippen molar-refractivity contribution in [3.8, 4) is 0 Å². The predicted octanol–water partition coefficient (Wildman–Crippen LogP) is 14.1. The molecule has 8 atom stereocenters. The minimum absolute atomic E-state index is 0.0657. The van der Waals surface area contributed by atoms with Gasteiger partial charge in [-0.3, -0.25) is 0 Å². The molecule has 8 nitrogen and oxygen atoms in total. The van der Waals surface area contributed by atoms with Gasteiger partial charge in [0.15, 0.2) is 5.79 Å². The van der Waals surface area contributed by atoms with E-state index in [0.29, 0.717) is 52.6 Å². The molecule has 0 amide bonds. The molecule has 1 saturated carbocycles. The topological polar surface area (TPSA) is 76.6 Å². The van der Waals surface area contributed by atoms with E-state index in [4.69, 9.17) is 33.2 Å². The van der Waals surface area contributed by atoms with Crippen molar-refractivity contribution in [2.75, 3.05) is 13.2 Å². The minimum atomic E-state index is -0.716. The number of unbranched alkanes of at least 4 members (excludes halogenated alkanes) is 11. The molecule has 3 unspecified atom stereocenters. The second kappa shape index (κ2) is 30.7. The molecular formula is C63H85NO7. The Morgan fingerprint density at radius 2 is 0.930 bits per heavy atom. The molecular weight excluding hydrogens is 883 g/mol. The Labute approximate surface area is 427 Å². The van der Waals surface area contributed by atoms with Crippen molar-refractivity contribution in [3.63, 3.8) is 0 Å². The van der Waals surface area contributed by atoms with E-state index in [0.717, 1.165) is 35.1 Å². The molecule has 1 N–H and O–H groups in total. The Balaban J connectivity index is 1.12. The quantitative estimate of drug-likeness (QED) is 0.0417. The molecule has 1 saturated heterocycles. The van der Waals surface area contributed by atoms with Crippen molar-refractivity contribution < 1.29 is 33.2 Å². The van der Waals surface area contributed by atoms with Crippen LogP contribution in [-0.2, 0) is 66.1 Å². The lowest BCUT2D eigenvalue weighted by molar-refractivity contribution is -0.235. The van der Waals surface area contributed by atoms with Gasteiger partial charge in [0.2, 0.25) is 0 Å². The molecule has 384 valence electrons. The van der Waals surface area contributed by atoms with Gasteiger partial charge in [0, 0.05) is 12.5 Å². The Kier molecular flexibility index (Phi) is 23.6. The minimum Gasteiger partial charge on any atom is -0.376 e. The molecule has 0 aromatic heterocycles. The Morgan fingerprint density at radius 1 is 0.493 bits per heavy atom. The third-order valence-electron chi connectivity index (χ3n) is 14.2. The highest BCUT2D eigenvalue weighted by Crippen LogP contribution is 2.38. The number of rotatable bonds is 33. The van der Waals surface area contributed by atoms with Gasteiger partial charge in [0.05, 0.1) is 64.0 Å². The van der Waals surface area contributed by atoms with Crippen LogP contribution in [0, 0.1) is 5.92 Å². The van der Waals surface area contributed by atoms with E-state index in [1.807, 2.05) is 24.3 Å². The van der Waals surface area contributed by atoms with Crippen molar-refractivity contribution in [2.24, 2.45) is 5.92 Å². The van der Waals surface area contributed by atoms with Gasteiger partial charge in [-0.25, -0.2) is 0 Å². The fraction of sp³-hybridized carbons (Fsp3) is 0.524. The first kappa shape index (κ1) is 54.6. The molecule has 5 aromatic carbocycles. The molecule has 8 heteroatoms. The third-order valence-corrected chi connectivity index (χ3v) is 14.2. The number of benzene rings is 5. The Hall–Kier alpha value is -4.22. The zero-order valence-corrected chi connectivity index (χ0v) is 43.3. The van der Waals surface area contributed by atoms with Crippen LogP contribution in [0.2, 0.25) is 0 Å². The number of ether oxygens (including phenoxy) is 7. The van der Waals surface area contributed by atoms with Crippen molar-refractivity contribution >= 4 is 0 Å². The maximum atomic E-state index is 7.35. The maximum Gasteiger partial charge on any atom is 0.163 e. The van der Waals surface area contributed by atoms with Gasteiger partial charge < -0.3 is 38.5 Å². The van der Waals surface area contributed by atoms with E-state index >= 15 is 0 Å². The fourth-order valence-electron chi connectivity index (χ4n) is 10.3. The van der Waals surface area contributed by atoms with Crippen molar-refractivity contribution in [2.45, 2.75) is 192 Å². The van der Waals surface area contributed by atoms with E-state index < -0.39 is 18.0 Å². The highest BCUT2D eigenvalue weighted by atomic mass is 16.8. The van der Waals surface area contributed by atoms with Gasteiger partial charge in [0.1, 0.15) is 18.3 Å². The molecule has 0 radical (unpaired) electrons. The summed E-state index contributed by atoms with van der Waals surface area (Å²) in [5.74, 6) is -0.782. The summed E-state index contributed by atoms with van der Waals surface area (Å²) in [7, 11) is 0. The van der Waals surface area contributed by atoms with Crippen LogP contribution in [0.3, 0.4) is 0 Å². The first-order valence-corrected chi connectivity index (χ1v) is 27.3. The lowest BCUT2D eigenvalue weighted by atomic mass is 9.80. The molecule has 1 aliphatic heterocycles. The lowest BCUT2D eigenvalue weighted by Crippen LogP contribution is -2.59. The van der Waals surface area contributed by atoms with Crippen LogP contribution < -0.4 is 5.32 Å². The second-order valence-corrected chi connectivity index (χ2v) is 20.4. The largest absolute Gasteiger partial charge is 0.376 e. The van der Waals surface area contributed by atoms with Crippen LogP contribution in [0.15, 0.2) is 152 Å². The van der Waals surface area contributed by atoms with E-state index in [1.165, 1.54) is 76.2 Å². The molecule has 1 heterocycles. The van der Waals surface area contributed by atoms with Gasteiger partial charge in [0.25, 0.3) is 0 Å². The third kappa shape index (κ3) is 19.0. The first-order chi connectivity index (χ1) is 34.9. The van der Waals surface area contributed by atoms with Crippen molar-refractivity contribution in [3.05, 3.63) is 179 Å². The van der Waals surface area contributed by atoms with Crippen LogP contribution in [0.4, 0.5) is 0 Å². The Bertz CT molecular complexity index is 2110. The predicted molar refractivity (Wildman–Crippen MR) is 286 cm³/mol. The number of hydrogen-bond donors (Lipinski definition) is 1. The summed E-state index contributed by atoms with van der Waals surface area (Å²) in [5.41, 5.74) is 5.61. The van der Waals surface area contributed by atoms with Crippen LogP contribution in [0.5, 0.6) is 0 Å². The fourth-order valence-corrected chi connectivity index (χ4v) is 10.3. The van der Waals surface area contributed by atoms with E-state index in [2.05, 4.69) is 153 Å². The second-order valence-electron chi connectivity index (χ2n) is 20.4. The Morgan fingerprint density at radius 3 is 1.44 bits per heavy atom. The summed E-state index contributed by atoms with van der Waals surface area (Å²) in [6, 6.07) is 52.0. The van der Waals surface area contributed by atoms with E-state index in [9.17, 15) is 0 Å². The smallest absolute Gasteiger partial charge is 0.163 e. The lowest BCUT2D eigenvalue weighted by Gasteiger charge is -2.46. The summed E-state index contributed by atoms with van der Waals surface area (Å²) >= 11 is 0. The zero-order chi connectivity index (χ0) is 49.2. The van der Waals surface area contributed by atoms with Gasteiger partial charge in [-0.15, -0.1) is 0 Å². The van der Waals surface area contributed by atoms with Gasteiger partial charge in [-0.1, -0.05) is 236 Å². The van der Waals surface area contributed by atoms with Crippen molar-refractivity contribution in [1.29, 1.82) is 0 Å². The standard InChI is InChI=1S/C63H85NO7/c1-4-5-6-7-8-9-10-11-12-13-14-30-41-57-60(71-63(2,3)70-57)56(64-43-50-31-20-15-21-32-50)49-66-58-42-55(48-65-44-51-33-22-16-23-34-51)59(67-45-52-35-24-17-25-36-52)62(69-47-54-39-28-19-29-40-54)61(58)68-46-53-37-26-18-27-38-53/h15-29,31-40,55-62,64H,4-14,30,41-49H2,1-3H3/t55?,56-,57+,58-,59?,60-,61?,62+/m0/s1. The highest BCUT2D eigenvalue weighted by Gasteiger charge is 2.49. The van der Waals surface area contributed by atoms with Crippen LogP contribution >= 0.6 is 0 Å². The first-order valence-electron chi connectivity index (χ1n) is 27.3. The molecule has 1 aliphatic carbocycles. The average Bonchev–Trinajstić information content (AvgIpc) is 3.72. The molecule has 7 rings (SSSR count). The maximum absolute atomic E-state index is 7.35. The summed E-state index contributed by atoms with van der Waals surface area (Å²) in [4.78, 5) is 0. The van der Waals surface area contributed by atoms with Crippen LogP contribution in [0.1, 0.15) is 138 Å². The number of nitrogens with one attached hydrogen (secondary N) is 1. The molecule has 71 heavy (non-hydrogen) atoms. The zero-order valence-electron chi connectivity index (χ0n) is 43.3. The van der Waals surface area contributed by atoms with Crippen LogP contribution in [-0.4, -0.2) is 61.7 Å².